The first-order valence-corrected chi connectivity index (χ1v) is 10.6. The molecule has 0 aromatic heterocycles. The van der Waals surface area contributed by atoms with E-state index >= 15 is 0 Å². The van der Waals surface area contributed by atoms with Crippen LogP contribution in [0.3, 0.4) is 0 Å². The summed E-state index contributed by atoms with van der Waals surface area (Å²) in [7, 11) is 0. The largest absolute Gasteiger partial charge is 0.478 e. The molecule has 4 rings (SSSR count). The highest BCUT2D eigenvalue weighted by Crippen LogP contribution is 2.29. The van der Waals surface area contributed by atoms with Crippen LogP contribution in [0.25, 0.3) is 0 Å². The molecule has 0 radical (unpaired) electrons. The Morgan fingerprint density at radius 2 is 1.34 bits per heavy atom. The van der Waals surface area contributed by atoms with Crippen LogP contribution < -0.4 is 0 Å². The van der Waals surface area contributed by atoms with Crippen LogP contribution in [0.2, 0.25) is 0 Å². The van der Waals surface area contributed by atoms with Gasteiger partial charge in [-0.15, -0.1) is 0 Å². The number of hydrogen-bond acceptors (Lipinski definition) is 4. The van der Waals surface area contributed by atoms with Gasteiger partial charge >= 0.3 is 5.97 Å². The highest BCUT2D eigenvalue weighted by Gasteiger charge is 2.21. The smallest absolute Gasteiger partial charge is 0.335 e. The van der Waals surface area contributed by atoms with Crippen molar-refractivity contribution in [1.29, 1.82) is 0 Å². The Hall–Kier alpha value is -2.21. The Balaban J connectivity index is 1.26. The summed E-state index contributed by atoms with van der Waals surface area (Å²) >= 11 is 0. The fourth-order valence-electron chi connectivity index (χ4n) is 4.35. The number of benzene rings is 2. The van der Waals surface area contributed by atoms with Crippen LogP contribution in [-0.2, 0) is 17.8 Å². The summed E-state index contributed by atoms with van der Waals surface area (Å²) < 4.78 is 5.43. The molecule has 2 heterocycles. The molecular formula is C24H30N2O3. The van der Waals surface area contributed by atoms with Crippen LogP contribution >= 0.6 is 0 Å². The summed E-state index contributed by atoms with van der Waals surface area (Å²) in [6.45, 7) is 7.83. The molecule has 2 fully saturated rings. The van der Waals surface area contributed by atoms with Gasteiger partial charge in [-0.05, 0) is 60.7 Å². The molecule has 0 saturated carbocycles. The first kappa shape index (κ1) is 20.1. The lowest BCUT2D eigenvalue weighted by Crippen LogP contribution is -2.35. The van der Waals surface area contributed by atoms with Crippen molar-refractivity contribution in [3.8, 4) is 0 Å². The van der Waals surface area contributed by atoms with Gasteiger partial charge in [-0.25, -0.2) is 4.79 Å². The van der Waals surface area contributed by atoms with Crippen molar-refractivity contribution in [3.63, 3.8) is 0 Å². The molecule has 5 heteroatoms. The zero-order chi connectivity index (χ0) is 20.1. The van der Waals surface area contributed by atoms with Crippen molar-refractivity contribution in [2.75, 3.05) is 39.4 Å². The van der Waals surface area contributed by atoms with Gasteiger partial charge in [0.05, 0.1) is 18.8 Å². The fraction of sp³-hybridized carbons (Fsp3) is 0.458. The highest BCUT2D eigenvalue weighted by atomic mass is 16.5. The number of aromatic carboxylic acids is 1. The molecule has 0 aliphatic carbocycles. The third kappa shape index (κ3) is 5.44. The minimum Gasteiger partial charge on any atom is -0.478 e. The van der Waals surface area contributed by atoms with Gasteiger partial charge in [-0.3, -0.25) is 9.80 Å². The minimum absolute atomic E-state index is 0.351. The molecule has 5 nitrogen and oxygen atoms in total. The number of morpholine rings is 1. The van der Waals surface area contributed by atoms with Gasteiger partial charge in [0, 0.05) is 26.2 Å². The second-order valence-electron chi connectivity index (χ2n) is 8.18. The van der Waals surface area contributed by atoms with Crippen LogP contribution in [-0.4, -0.2) is 60.3 Å². The maximum atomic E-state index is 11.0. The summed E-state index contributed by atoms with van der Waals surface area (Å²) in [6.07, 6.45) is 2.35. The predicted octanol–water partition coefficient (Wildman–Crippen LogP) is 3.60. The summed E-state index contributed by atoms with van der Waals surface area (Å²) in [6, 6.07) is 16.5. The number of carbonyl (C=O) groups is 1. The van der Waals surface area contributed by atoms with E-state index in [0.717, 1.165) is 52.5 Å². The van der Waals surface area contributed by atoms with Gasteiger partial charge < -0.3 is 9.84 Å². The molecule has 29 heavy (non-hydrogen) atoms. The SMILES string of the molecule is O=C(O)c1ccc(CN2CCC(c3ccc(CN4CCOCC4)cc3)CC2)cc1. The second-order valence-corrected chi connectivity index (χ2v) is 8.18. The van der Waals surface area contributed by atoms with Crippen molar-refractivity contribution in [2.24, 2.45) is 0 Å². The van der Waals surface area contributed by atoms with Crippen LogP contribution in [0.15, 0.2) is 48.5 Å². The predicted molar refractivity (Wildman–Crippen MR) is 113 cm³/mol. The summed E-state index contributed by atoms with van der Waals surface area (Å²) in [5, 5.41) is 9.02. The number of ether oxygens (including phenoxy) is 1. The van der Waals surface area contributed by atoms with E-state index in [2.05, 4.69) is 34.1 Å². The van der Waals surface area contributed by atoms with E-state index in [9.17, 15) is 4.79 Å². The molecule has 1 N–H and O–H groups in total. The zero-order valence-corrected chi connectivity index (χ0v) is 16.9. The van der Waals surface area contributed by atoms with Gasteiger partial charge in [0.1, 0.15) is 0 Å². The number of carboxylic acid groups (broad SMARTS) is 1. The lowest BCUT2D eigenvalue weighted by Gasteiger charge is -2.32. The van der Waals surface area contributed by atoms with Gasteiger partial charge in [0.25, 0.3) is 0 Å². The molecule has 0 amide bonds. The molecule has 2 aliphatic heterocycles. The molecule has 2 aliphatic rings. The molecule has 0 spiro atoms. The van der Waals surface area contributed by atoms with Crippen LogP contribution in [0, 0.1) is 0 Å². The van der Waals surface area contributed by atoms with E-state index in [1.54, 1.807) is 12.1 Å². The second kappa shape index (κ2) is 9.53. The van der Waals surface area contributed by atoms with Crippen molar-refractivity contribution >= 4 is 5.97 Å². The van der Waals surface area contributed by atoms with Crippen LogP contribution in [0.5, 0.6) is 0 Å². The van der Waals surface area contributed by atoms with Gasteiger partial charge in [0.2, 0.25) is 0 Å². The average Bonchev–Trinajstić information content (AvgIpc) is 2.76. The third-order valence-corrected chi connectivity index (χ3v) is 6.16. The molecule has 154 valence electrons. The zero-order valence-electron chi connectivity index (χ0n) is 16.9. The van der Waals surface area contributed by atoms with Gasteiger partial charge in [-0.2, -0.15) is 0 Å². The monoisotopic (exact) mass is 394 g/mol. The molecule has 0 unspecified atom stereocenters. The van der Waals surface area contributed by atoms with Crippen molar-refractivity contribution in [1.82, 2.24) is 9.80 Å². The van der Waals surface area contributed by atoms with Crippen molar-refractivity contribution < 1.29 is 14.6 Å². The van der Waals surface area contributed by atoms with E-state index in [1.807, 2.05) is 12.1 Å². The van der Waals surface area contributed by atoms with Gasteiger partial charge in [0.15, 0.2) is 0 Å². The van der Waals surface area contributed by atoms with Crippen LogP contribution in [0.4, 0.5) is 0 Å². The Labute approximate surface area is 172 Å². The summed E-state index contributed by atoms with van der Waals surface area (Å²) in [4.78, 5) is 15.9. The number of nitrogens with zero attached hydrogens (tertiary/aromatic N) is 2. The standard InChI is InChI=1S/C24H30N2O3/c27-24(28)23-7-3-20(4-8-23)17-25-11-9-22(10-12-25)21-5-1-19(2-6-21)18-26-13-15-29-16-14-26/h1-8,22H,9-18H2,(H,27,28). The fourth-order valence-corrected chi connectivity index (χ4v) is 4.35. The summed E-state index contributed by atoms with van der Waals surface area (Å²) in [5.41, 5.74) is 4.38. The van der Waals surface area contributed by atoms with E-state index < -0.39 is 5.97 Å². The number of likely N-dealkylation sites (tertiary alicyclic amines) is 1. The van der Waals surface area contributed by atoms with E-state index in [-0.39, 0.29) is 0 Å². The molecule has 2 aromatic carbocycles. The number of piperidine rings is 1. The van der Waals surface area contributed by atoms with E-state index in [0.29, 0.717) is 11.5 Å². The maximum absolute atomic E-state index is 11.0. The molecule has 0 atom stereocenters. The quantitative estimate of drug-likeness (QED) is 0.811. The Morgan fingerprint density at radius 3 is 1.90 bits per heavy atom. The Bertz CT molecular complexity index is 790. The topological polar surface area (TPSA) is 53.0 Å². The molecule has 0 bridgehead atoms. The van der Waals surface area contributed by atoms with Crippen LogP contribution in [0.1, 0.15) is 45.8 Å². The number of hydrogen-bond donors (Lipinski definition) is 1. The average molecular weight is 395 g/mol. The lowest BCUT2D eigenvalue weighted by atomic mass is 9.89. The molecule has 2 saturated heterocycles. The molecule has 2 aromatic rings. The Kier molecular flexibility index (Phi) is 6.60. The third-order valence-electron chi connectivity index (χ3n) is 6.16. The highest BCUT2D eigenvalue weighted by molar-refractivity contribution is 5.87. The van der Waals surface area contributed by atoms with E-state index in [1.165, 1.54) is 29.5 Å². The normalized spacial score (nSPS) is 19.3. The lowest BCUT2D eigenvalue weighted by molar-refractivity contribution is 0.0342. The number of carboxylic acids is 1. The van der Waals surface area contributed by atoms with Gasteiger partial charge in [-0.1, -0.05) is 36.4 Å². The minimum atomic E-state index is -0.867. The Morgan fingerprint density at radius 1 is 0.828 bits per heavy atom. The van der Waals surface area contributed by atoms with Crippen molar-refractivity contribution in [2.45, 2.75) is 31.8 Å². The van der Waals surface area contributed by atoms with Crippen molar-refractivity contribution in [3.05, 3.63) is 70.8 Å². The van der Waals surface area contributed by atoms with E-state index in [4.69, 9.17) is 9.84 Å². The number of rotatable bonds is 6. The first-order valence-electron chi connectivity index (χ1n) is 10.6. The maximum Gasteiger partial charge on any atom is 0.335 e. The summed E-state index contributed by atoms with van der Waals surface area (Å²) in [5.74, 6) is -0.230. The first-order chi connectivity index (χ1) is 14.2. The molecular weight excluding hydrogens is 364 g/mol.